The number of carbonyl (C=O) groups is 1. The summed E-state index contributed by atoms with van der Waals surface area (Å²) in [4.78, 5) is 24.4. The van der Waals surface area contributed by atoms with Crippen molar-refractivity contribution in [3.63, 3.8) is 0 Å². The molecular formula is C20H17NO4. The highest BCUT2D eigenvalue weighted by Crippen LogP contribution is 2.25. The third-order valence-corrected chi connectivity index (χ3v) is 4.31. The van der Waals surface area contributed by atoms with Gasteiger partial charge >= 0.3 is 5.63 Å². The molecule has 2 heterocycles. The molecule has 0 fully saturated rings. The first kappa shape index (κ1) is 15.4. The van der Waals surface area contributed by atoms with E-state index in [1.807, 2.05) is 24.3 Å². The van der Waals surface area contributed by atoms with E-state index in [9.17, 15) is 9.59 Å². The van der Waals surface area contributed by atoms with Crippen LogP contribution in [0.4, 0.5) is 0 Å². The second kappa shape index (κ2) is 6.43. The van der Waals surface area contributed by atoms with Crippen molar-refractivity contribution >= 4 is 16.9 Å². The smallest absolute Gasteiger partial charge is 0.349 e. The largest absolute Gasteiger partial charge is 0.493 e. The summed E-state index contributed by atoms with van der Waals surface area (Å²) in [5.74, 6) is 0.477. The number of aryl methyl sites for hydroxylation is 1. The first-order chi connectivity index (χ1) is 12.2. The number of carbonyl (C=O) groups excluding carboxylic acids is 1. The van der Waals surface area contributed by atoms with Crippen LogP contribution in [0.3, 0.4) is 0 Å². The van der Waals surface area contributed by atoms with Crippen LogP contribution in [-0.2, 0) is 13.0 Å². The molecule has 1 amide bonds. The van der Waals surface area contributed by atoms with E-state index in [1.54, 1.807) is 24.3 Å². The molecule has 5 nitrogen and oxygen atoms in total. The predicted molar refractivity (Wildman–Crippen MR) is 93.9 cm³/mol. The Morgan fingerprint density at radius 1 is 1.12 bits per heavy atom. The zero-order chi connectivity index (χ0) is 17.2. The highest BCUT2D eigenvalue weighted by molar-refractivity contribution is 5.96. The lowest BCUT2D eigenvalue weighted by Crippen LogP contribution is -2.27. The maximum Gasteiger partial charge on any atom is 0.349 e. The minimum Gasteiger partial charge on any atom is -0.493 e. The van der Waals surface area contributed by atoms with E-state index in [1.165, 1.54) is 0 Å². The molecule has 0 spiro atoms. The number of hydrogen-bond donors (Lipinski definition) is 1. The molecular weight excluding hydrogens is 318 g/mol. The summed E-state index contributed by atoms with van der Waals surface area (Å²) in [7, 11) is 0. The number of nitrogens with one attached hydrogen (secondary N) is 1. The van der Waals surface area contributed by atoms with E-state index in [0.717, 1.165) is 41.7 Å². The first-order valence-electron chi connectivity index (χ1n) is 8.26. The number of para-hydroxylation sites is 1. The molecule has 1 aromatic heterocycles. The molecule has 0 radical (unpaired) electrons. The number of amides is 1. The summed E-state index contributed by atoms with van der Waals surface area (Å²) < 4.78 is 10.8. The molecule has 0 atom stereocenters. The predicted octanol–water partition coefficient (Wildman–Crippen LogP) is 3.05. The van der Waals surface area contributed by atoms with Crippen molar-refractivity contribution in [2.75, 3.05) is 6.61 Å². The lowest BCUT2D eigenvalue weighted by atomic mass is 10.0. The zero-order valence-corrected chi connectivity index (χ0v) is 13.6. The van der Waals surface area contributed by atoms with Crippen LogP contribution < -0.4 is 15.7 Å². The van der Waals surface area contributed by atoms with E-state index >= 15 is 0 Å². The fourth-order valence-corrected chi connectivity index (χ4v) is 3.02. The second-order valence-electron chi connectivity index (χ2n) is 6.06. The Morgan fingerprint density at radius 2 is 2.00 bits per heavy atom. The summed E-state index contributed by atoms with van der Waals surface area (Å²) in [6, 6.07) is 14.6. The molecule has 0 aliphatic carbocycles. The van der Waals surface area contributed by atoms with Gasteiger partial charge in [-0.3, -0.25) is 4.79 Å². The van der Waals surface area contributed by atoms with Crippen LogP contribution >= 0.6 is 0 Å². The molecule has 1 N–H and O–H groups in total. The van der Waals surface area contributed by atoms with Gasteiger partial charge < -0.3 is 14.5 Å². The minimum absolute atomic E-state index is 0.0139. The highest BCUT2D eigenvalue weighted by atomic mass is 16.5. The molecule has 0 unspecified atom stereocenters. The lowest BCUT2D eigenvalue weighted by Gasteiger charge is -2.18. The van der Waals surface area contributed by atoms with Gasteiger partial charge in [-0.15, -0.1) is 0 Å². The van der Waals surface area contributed by atoms with Gasteiger partial charge in [0, 0.05) is 11.9 Å². The topological polar surface area (TPSA) is 68.5 Å². The van der Waals surface area contributed by atoms with Gasteiger partial charge in [0.25, 0.3) is 5.91 Å². The number of hydrogen-bond acceptors (Lipinski definition) is 4. The van der Waals surface area contributed by atoms with Gasteiger partial charge in [-0.25, -0.2) is 4.79 Å². The molecule has 1 aliphatic heterocycles. The van der Waals surface area contributed by atoms with Gasteiger partial charge in [0.1, 0.15) is 16.9 Å². The fourth-order valence-electron chi connectivity index (χ4n) is 3.02. The normalized spacial score (nSPS) is 13.1. The first-order valence-corrected chi connectivity index (χ1v) is 8.26. The second-order valence-corrected chi connectivity index (χ2v) is 6.06. The van der Waals surface area contributed by atoms with Crippen LogP contribution in [0.25, 0.3) is 11.0 Å². The maximum absolute atomic E-state index is 12.4. The van der Waals surface area contributed by atoms with Crippen LogP contribution in [-0.4, -0.2) is 12.5 Å². The molecule has 0 saturated heterocycles. The fraction of sp³-hybridized carbons (Fsp3) is 0.200. The molecule has 5 heteroatoms. The number of ether oxygens (including phenoxy) is 1. The standard InChI is InChI=1S/C20H17NO4/c22-19(16-11-15-4-1-2-6-18(15)25-20(16)23)21-12-13-7-8-17-14(10-13)5-3-9-24-17/h1-2,4,6-8,10-11H,3,5,9,12H2,(H,21,22). The third-order valence-electron chi connectivity index (χ3n) is 4.31. The van der Waals surface area contributed by atoms with Gasteiger partial charge in [0.2, 0.25) is 0 Å². The van der Waals surface area contributed by atoms with Gasteiger partial charge in [0.15, 0.2) is 0 Å². The van der Waals surface area contributed by atoms with E-state index in [2.05, 4.69) is 5.32 Å². The Morgan fingerprint density at radius 3 is 2.92 bits per heavy atom. The summed E-state index contributed by atoms with van der Waals surface area (Å²) in [6.07, 6.45) is 1.98. The van der Waals surface area contributed by atoms with E-state index in [0.29, 0.717) is 12.1 Å². The van der Waals surface area contributed by atoms with Crippen molar-refractivity contribution in [2.24, 2.45) is 0 Å². The highest BCUT2D eigenvalue weighted by Gasteiger charge is 2.14. The number of rotatable bonds is 3. The maximum atomic E-state index is 12.4. The zero-order valence-electron chi connectivity index (χ0n) is 13.6. The molecule has 25 heavy (non-hydrogen) atoms. The van der Waals surface area contributed by atoms with Crippen LogP contribution in [0.2, 0.25) is 0 Å². The van der Waals surface area contributed by atoms with Crippen LogP contribution in [0, 0.1) is 0 Å². The molecule has 126 valence electrons. The summed E-state index contributed by atoms with van der Waals surface area (Å²) >= 11 is 0. The Balaban J connectivity index is 1.52. The molecule has 2 aromatic carbocycles. The molecule has 0 bridgehead atoms. The summed E-state index contributed by atoms with van der Waals surface area (Å²) in [5, 5.41) is 3.51. The quantitative estimate of drug-likeness (QED) is 0.747. The molecule has 1 aliphatic rings. The van der Waals surface area contributed by atoms with Gasteiger partial charge in [-0.1, -0.05) is 30.3 Å². The Bertz CT molecular complexity index is 1010. The molecule has 0 saturated carbocycles. The lowest BCUT2D eigenvalue weighted by molar-refractivity contribution is 0.0947. The van der Waals surface area contributed by atoms with Gasteiger partial charge in [0.05, 0.1) is 6.61 Å². The van der Waals surface area contributed by atoms with Crippen LogP contribution in [0.5, 0.6) is 5.75 Å². The number of fused-ring (bicyclic) bond motifs is 2. The van der Waals surface area contributed by atoms with Crippen molar-refractivity contribution in [3.05, 3.63) is 75.6 Å². The number of benzene rings is 2. The van der Waals surface area contributed by atoms with Gasteiger partial charge in [-0.2, -0.15) is 0 Å². The van der Waals surface area contributed by atoms with Crippen molar-refractivity contribution in [1.29, 1.82) is 0 Å². The average Bonchev–Trinajstić information content (AvgIpc) is 2.65. The van der Waals surface area contributed by atoms with E-state index < -0.39 is 11.5 Å². The molecule has 3 aromatic rings. The van der Waals surface area contributed by atoms with Crippen molar-refractivity contribution in [3.8, 4) is 5.75 Å². The Labute approximate surface area is 144 Å². The third kappa shape index (κ3) is 3.13. The van der Waals surface area contributed by atoms with E-state index in [4.69, 9.17) is 9.15 Å². The average molecular weight is 335 g/mol. The summed E-state index contributed by atoms with van der Waals surface area (Å²) in [6.45, 7) is 1.10. The summed E-state index contributed by atoms with van der Waals surface area (Å²) in [5.41, 5.74) is 1.99. The molecule has 4 rings (SSSR count). The van der Waals surface area contributed by atoms with Crippen LogP contribution in [0.15, 0.2) is 57.7 Å². The van der Waals surface area contributed by atoms with Crippen LogP contribution in [0.1, 0.15) is 27.9 Å². The van der Waals surface area contributed by atoms with Gasteiger partial charge in [-0.05, 0) is 42.2 Å². The minimum atomic E-state index is -0.630. The van der Waals surface area contributed by atoms with E-state index in [-0.39, 0.29) is 5.56 Å². The Hall–Kier alpha value is -3.08. The van der Waals surface area contributed by atoms with Crippen molar-refractivity contribution in [2.45, 2.75) is 19.4 Å². The Kier molecular flexibility index (Phi) is 3.98. The van der Waals surface area contributed by atoms with Crippen molar-refractivity contribution < 1.29 is 13.9 Å². The monoisotopic (exact) mass is 335 g/mol. The SMILES string of the molecule is O=C(NCc1ccc2c(c1)CCCO2)c1cc2ccccc2oc1=O. The van der Waals surface area contributed by atoms with Crippen molar-refractivity contribution in [1.82, 2.24) is 5.32 Å².